The van der Waals surface area contributed by atoms with Gasteiger partial charge in [0.1, 0.15) is 0 Å². The molecule has 0 aromatic heterocycles. The molecular weight excluding hydrogens is 288 g/mol. The van der Waals surface area contributed by atoms with Gasteiger partial charge in [-0.3, -0.25) is 0 Å². The van der Waals surface area contributed by atoms with E-state index in [1.807, 2.05) is 13.0 Å². The van der Waals surface area contributed by atoms with Crippen LogP contribution in [0.1, 0.15) is 11.1 Å². The van der Waals surface area contributed by atoms with Gasteiger partial charge in [0.15, 0.2) is 0 Å². The Labute approximate surface area is 117 Å². The van der Waals surface area contributed by atoms with Crippen LogP contribution in [-0.4, -0.2) is 7.05 Å². The van der Waals surface area contributed by atoms with Crippen LogP contribution in [0.2, 0.25) is 0 Å². The number of nitrogens with zero attached hydrogens (tertiary/aromatic N) is 1. The average Bonchev–Trinajstić information content (AvgIpc) is 2.35. The molecule has 0 amide bonds. The molecule has 18 heavy (non-hydrogen) atoms. The van der Waals surface area contributed by atoms with E-state index in [1.54, 1.807) is 0 Å². The number of anilines is 2. The molecule has 2 aromatic rings. The molecule has 0 saturated heterocycles. The normalized spacial score (nSPS) is 10.4. The topological polar surface area (TPSA) is 29.3 Å². The molecular formula is C15H17BrN2. The molecule has 0 unspecified atom stereocenters. The van der Waals surface area contributed by atoms with Gasteiger partial charge in [-0.05, 0) is 48.4 Å². The highest BCUT2D eigenvalue weighted by Crippen LogP contribution is 2.21. The third-order valence-corrected chi connectivity index (χ3v) is 3.56. The fraction of sp³-hybridized carbons (Fsp3) is 0.200. The fourth-order valence-electron chi connectivity index (χ4n) is 1.85. The van der Waals surface area contributed by atoms with E-state index in [0.717, 1.165) is 22.3 Å². The van der Waals surface area contributed by atoms with E-state index < -0.39 is 0 Å². The highest BCUT2D eigenvalue weighted by Gasteiger charge is 2.03. The molecule has 0 heterocycles. The molecule has 0 aliphatic rings. The maximum atomic E-state index is 5.83. The second kappa shape index (κ2) is 5.44. The second-order valence-corrected chi connectivity index (χ2v) is 5.44. The highest BCUT2D eigenvalue weighted by atomic mass is 79.9. The van der Waals surface area contributed by atoms with Crippen molar-refractivity contribution in [2.75, 3.05) is 17.7 Å². The van der Waals surface area contributed by atoms with Gasteiger partial charge >= 0.3 is 0 Å². The van der Waals surface area contributed by atoms with Gasteiger partial charge in [-0.1, -0.05) is 28.1 Å². The number of nitrogens with two attached hydrogens (primary N) is 1. The number of hydrogen-bond acceptors (Lipinski definition) is 2. The zero-order chi connectivity index (χ0) is 13.1. The van der Waals surface area contributed by atoms with Crippen LogP contribution in [0.5, 0.6) is 0 Å². The third kappa shape index (κ3) is 3.05. The molecule has 2 aromatic carbocycles. The first-order valence-electron chi connectivity index (χ1n) is 5.88. The molecule has 2 rings (SSSR count). The number of nitrogen functional groups attached to an aromatic ring is 1. The van der Waals surface area contributed by atoms with Gasteiger partial charge in [-0.2, -0.15) is 0 Å². The molecule has 0 atom stereocenters. The summed E-state index contributed by atoms with van der Waals surface area (Å²) in [6.07, 6.45) is 0. The molecule has 0 radical (unpaired) electrons. The van der Waals surface area contributed by atoms with E-state index in [1.165, 1.54) is 11.3 Å². The molecule has 0 fully saturated rings. The van der Waals surface area contributed by atoms with Crippen molar-refractivity contribution in [1.82, 2.24) is 0 Å². The van der Waals surface area contributed by atoms with Gasteiger partial charge in [-0.15, -0.1) is 0 Å². The van der Waals surface area contributed by atoms with Gasteiger partial charge in [0.05, 0.1) is 0 Å². The maximum absolute atomic E-state index is 5.83. The average molecular weight is 305 g/mol. The van der Waals surface area contributed by atoms with Crippen LogP contribution in [0.3, 0.4) is 0 Å². The summed E-state index contributed by atoms with van der Waals surface area (Å²) >= 11 is 3.45. The predicted molar refractivity (Wildman–Crippen MR) is 81.8 cm³/mol. The lowest BCUT2D eigenvalue weighted by Gasteiger charge is -2.20. The Kier molecular flexibility index (Phi) is 3.92. The van der Waals surface area contributed by atoms with Crippen LogP contribution >= 0.6 is 15.9 Å². The molecule has 3 heteroatoms. The van der Waals surface area contributed by atoms with Crippen molar-refractivity contribution in [1.29, 1.82) is 0 Å². The molecule has 2 nitrogen and oxygen atoms in total. The van der Waals surface area contributed by atoms with Gasteiger partial charge < -0.3 is 10.6 Å². The van der Waals surface area contributed by atoms with E-state index in [9.17, 15) is 0 Å². The molecule has 2 N–H and O–H groups in total. The highest BCUT2D eigenvalue weighted by molar-refractivity contribution is 9.10. The van der Waals surface area contributed by atoms with Crippen molar-refractivity contribution in [2.45, 2.75) is 13.5 Å². The zero-order valence-corrected chi connectivity index (χ0v) is 12.2. The van der Waals surface area contributed by atoms with E-state index >= 15 is 0 Å². The standard InChI is InChI=1S/C15H17BrN2/c1-11-9-14(7-8-15(11)17)18(2)10-12-3-5-13(16)6-4-12/h3-9H,10,17H2,1-2H3. The predicted octanol–water partition coefficient (Wildman–Crippen LogP) is 3.98. The van der Waals surface area contributed by atoms with Crippen LogP contribution in [0.4, 0.5) is 11.4 Å². The number of hydrogen-bond donors (Lipinski definition) is 1. The van der Waals surface area contributed by atoms with Crippen molar-refractivity contribution in [3.8, 4) is 0 Å². The Morgan fingerprint density at radius 2 is 1.78 bits per heavy atom. The van der Waals surface area contributed by atoms with E-state index in [-0.39, 0.29) is 0 Å². The SMILES string of the molecule is Cc1cc(N(C)Cc2ccc(Br)cc2)ccc1N. The summed E-state index contributed by atoms with van der Waals surface area (Å²) in [4.78, 5) is 2.22. The Hall–Kier alpha value is -1.48. The monoisotopic (exact) mass is 304 g/mol. The molecule has 0 bridgehead atoms. The van der Waals surface area contributed by atoms with Crippen LogP contribution in [0.15, 0.2) is 46.9 Å². The van der Waals surface area contributed by atoms with Crippen molar-refractivity contribution in [3.05, 3.63) is 58.1 Å². The second-order valence-electron chi connectivity index (χ2n) is 4.52. The Morgan fingerprint density at radius 3 is 2.39 bits per heavy atom. The van der Waals surface area contributed by atoms with Gasteiger partial charge in [-0.25, -0.2) is 0 Å². The van der Waals surface area contributed by atoms with Gasteiger partial charge in [0.25, 0.3) is 0 Å². The lowest BCUT2D eigenvalue weighted by molar-refractivity contribution is 0.922. The molecule has 0 spiro atoms. The van der Waals surface area contributed by atoms with Crippen LogP contribution in [0.25, 0.3) is 0 Å². The summed E-state index contributed by atoms with van der Waals surface area (Å²) in [6, 6.07) is 14.5. The fourth-order valence-corrected chi connectivity index (χ4v) is 2.12. The number of halogens is 1. The minimum Gasteiger partial charge on any atom is -0.399 e. The summed E-state index contributed by atoms with van der Waals surface area (Å²) in [7, 11) is 2.09. The smallest absolute Gasteiger partial charge is 0.0426 e. The van der Waals surface area contributed by atoms with Crippen LogP contribution in [-0.2, 0) is 6.54 Å². The van der Waals surface area contributed by atoms with Crippen molar-refractivity contribution >= 4 is 27.3 Å². The largest absolute Gasteiger partial charge is 0.399 e. The lowest BCUT2D eigenvalue weighted by Crippen LogP contribution is -2.16. The minimum absolute atomic E-state index is 0.843. The van der Waals surface area contributed by atoms with Crippen LogP contribution in [0, 0.1) is 6.92 Å². The summed E-state index contributed by atoms with van der Waals surface area (Å²) in [6.45, 7) is 2.92. The number of benzene rings is 2. The first-order chi connectivity index (χ1) is 8.56. The summed E-state index contributed by atoms with van der Waals surface area (Å²) < 4.78 is 1.11. The summed E-state index contributed by atoms with van der Waals surface area (Å²) in [5, 5.41) is 0. The van der Waals surface area contributed by atoms with Gasteiger partial charge in [0, 0.05) is 29.4 Å². The molecule has 0 aliphatic carbocycles. The first-order valence-corrected chi connectivity index (χ1v) is 6.67. The Bertz CT molecular complexity index is 535. The molecule has 94 valence electrons. The minimum atomic E-state index is 0.843. The maximum Gasteiger partial charge on any atom is 0.0426 e. The lowest BCUT2D eigenvalue weighted by atomic mass is 10.1. The van der Waals surface area contributed by atoms with Crippen molar-refractivity contribution < 1.29 is 0 Å². The van der Waals surface area contributed by atoms with Crippen molar-refractivity contribution in [3.63, 3.8) is 0 Å². The summed E-state index contributed by atoms with van der Waals surface area (Å²) in [5.41, 5.74) is 10.3. The Morgan fingerprint density at radius 1 is 1.11 bits per heavy atom. The zero-order valence-electron chi connectivity index (χ0n) is 10.7. The van der Waals surface area contributed by atoms with Crippen molar-refractivity contribution in [2.24, 2.45) is 0 Å². The van der Waals surface area contributed by atoms with E-state index in [2.05, 4.69) is 64.3 Å². The summed E-state index contributed by atoms with van der Waals surface area (Å²) in [5.74, 6) is 0. The van der Waals surface area contributed by atoms with Crippen LogP contribution < -0.4 is 10.6 Å². The van der Waals surface area contributed by atoms with E-state index in [4.69, 9.17) is 5.73 Å². The third-order valence-electron chi connectivity index (χ3n) is 3.03. The van der Waals surface area contributed by atoms with E-state index in [0.29, 0.717) is 0 Å². The van der Waals surface area contributed by atoms with Gasteiger partial charge in [0.2, 0.25) is 0 Å². The first kappa shape index (κ1) is 13.0. The quantitative estimate of drug-likeness (QED) is 0.869. The molecule has 0 aliphatic heterocycles. The Balaban J connectivity index is 2.13. The number of aryl methyl sites for hydroxylation is 1. The number of rotatable bonds is 3. The molecule has 0 saturated carbocycles.